The number of alkyl halides is 1. The first-order valence-corrected chi connectivity index (χ1v) is 12.0. The summed E-state index contributed by atoms with van der Waals surface area (Å²) in [5.41, 5.74) is 10.8. The molecule has 4 saturated heterocycles. The Hall–Kier alpha value is -1.89. The van der Waals surface area contributed by atoms with Crippen LogP contribution >= 0.6 is 0 Å². The van der Waals surface area contributed by atoms with Gasteiger partial charge in [0.2, 0.25) is 5.91 Å². The van der Waals surface area contributed by atoms with Crippen LogP contribution in [0.25, 0.3) is 0 Å². The van der Waals surface area contributed by atoms with Gasteiger partial charge in [0.05, 0.1) is 48.0 Å². The molecule has 5 atom stereocenters. The first-order chi connectivity index (χ1) is 16.0. The quantitative estimate of drug-likeness (QED) is 0.469. The number of aromatic nitrogens is 1. The van der Waals surface area contributed by atoms with Gasteiger partial charge in [0.15, 0.2) is 0 Å². The van der Waals surface area contributed by atoms with Crippen LogP contribution in [-0.4, -0.2) is 97.8 Å². The Labute approximate surface area is 194 Å². The first-order valence-electron chi connectivity index (χ1n) is 12.0. The standard InChI is InChI=1S/C22H35FN8O2/c1-29-7-3-16(13-29)33-15-4-8-30(9-5-15)18-2-6-25-11-17(18)27-22(32)19-20(24)28-31-12-14(23)10-26-21(19)31/h2,6,11,14-16,19-21,26,28H,3-5,7-10,12-13,24H2,1H3,(H,27,32)/t14?,16-,19?,20?,21?/m1/s1. The van der Waals surface area contributed by atoms with Crippen LogP contribution in [0.3, 0.4) is 0 Å². The van der Waals surface area contributed by atoms with Crippen molar-refractivity contribution in [3.63, 3.8) is 0 Å². The van der Waals surface area contributed by atoms with Gasteiger partial charge in [0.25, 0.3) is 0 Å². The molecule has 0 aromatic carbocycles. The summed E-state index contributed by atoms with van der Waals surface area (Å²) in [7, 11) is 2.14. The van der Waals surface area contributed by atoms with E-state index in [1.54, 1.807) is 17.4 Å². The maximum Gasteiger partial charge on any atom is 0.233 e. The third-order valence-corrected chi connectivity index (χ3v) is 7.20. The third-order valence-electron chi connectivity index (χ3n) is 7.20. The Morgan fingerprint density at radius 1 is 1.24 bits per heavy atom. The van der Waals surface area contributed by atoms with Crippen LogP contribution in [0.15, 0.2) is 18.5 Å². The molecule has 0 radical (unpaired) electrons. The average Bonchev–Trinajstić information content (AvgIpc) is 3.35. The van der Waals surface area contributed by atoms with Gasteiger partial charge in [-0.1, -0.05) is 0 Å². The number of amides is 1. The van der Waals surface area contributed by atoms with Gasteiger partial charge in [-0.15, -0.1) is 0 Å². The van der Waals surface area contributed by atoms with Crippen LogP contribution in [0.5, 0.6) is 0 Å². The van der Waals surface area contributed by atoms with Crippen molar-refractivity contribution in [3.05, 3.63) is 18.5 Å². The lowest BCUT2D eigenvalue weighted by molar-refractivity contribution is -0.121. The van der Waals surface area contributed by atoms with Crippen molar-refractivity contribution < 1.29 is 13.9 Å². The van der Waals surface area contributed by atoms with Crippen molar-refractivity contribution in [2.24, 2.45) is 11.7 Å². The molecule has 0 aliphatic carbocycles. The van der Waals surface area contributed by atoms with Gasteiger partial charge in [-0.25, -0.2) is 14.8 Å². The van der Waals surface area contributed by atoms with Gasteiger partial charge < -0.3 is 25.6 Å². The minimum Gasteiger partial charge on any atom is -0.373 e. The number of likely N-dealkylation sites (tertiary alicyclic amines) is 1. The molecule has 11 heteroatoms. The number of nitrogens with one attached hydrogen (secondary N) is 3. The molecule has 4 unspecified atom stereocenters. The Morgan fingerprint density at radius 3 is 2.79 bits per heavy atom. The molecule has 4 aliphatic rings. The van der Waals surface area contributed by atoms with Crippen molar-refractivity contribution in [2.45, 2.75) is 50.0 Å². The lowest BCUT2D eigenvalue weighted by Crippen LogP contribution is -2.58. The molecule has 0 spiro atoms. The molecule has 1 amide bonds. The van der Waals surface area contributed by atoms with Crippen LogP contribution in [0, 0.1) is 5.92 Å². The summed E-state index contributed by atoms with van der Waals surface area (Å²) in [6.07, 6.45) is 5.15. The molecule has 5 rings (SSSR count). The van der Waals surface area contributed by atoms with E-state index in [4.69, 9.17) is 10.5 Å². The van der Waals surface area contributed by atoms with Crippen molar-refractivity contribution >= 4 is 17.3 Å². The van der Waals surface area contributed by atoms with Gasteiger partial charge >= 0.3 is 0 Å². The number of carbonyl (C=O) groups is 1. The van der Waals surface area contributed by atoms with Gasteiger partial charge in [-0.05, 0) is 32.4 Å². The highest BCUT2D eigenvalue weighted by Crippen LogP contribution is 2.31. The monoisotopic (exact) mass is 462 g/mol. The normalized spacial score (nSPS) is 33.9. The zero-order chi connectivity index (χ0) is 22.9. The van der Waals surface area contributed by atoms with E-state index >= 15 is 0 Å². The number of nitrogens with zero attached hydrogens (tertiary/aromatic N) is 4. The number of pyridine rings is 1. The van der Waals surface area contributed by atoms with E-state index in [1.165, 1.54) is 0 Å². The number of rotatable bonds is 5. The lowest BCUT2D eigenvalue weighted by Gasteiger charge is -2.36. The number of hydrogen-bond donors (Lipinski definition) is 4. The number of fused-ring (bicyclic) bond motifs is 1. The Kier molecular flexibility index (Phi) is 6.77. The van der Waals surface area contributed by atoms with Gasteiger partial charge in [0.1, 0.15) is 6.17 Å². The number of halogens is 1. The number of hydrogen-bond acceptors (Lipinski definition) is 9. The maximum absolute atomic E-state index is 13.7. The number of piperidine rings is 1. The lowest BCUT2D eigenvalue weighted by atomic mass is 10.0. The summed E-state index contributed by atoms with van der Waals surface area (Å²) < 4.78 is 20.1. The highest BCUT2D eigenvalue weighted by Gasteiger charge is 2.47. The van der Waals surface area contributed by atoms with Crippen LogP contribution in [0.2, 0.25) is 0 Å². The van der Waals surface area contributed by atoms with Gasteiger partial charge in [-0.3, -0.25) is 15.1 Å². The van der Waals surface area contributed by atoms with E-state index < -0.39 is 18.3 Å². The molecule has 10 nitrogen and oxygen atoms in total. The predicted octanol–water partition coefficient (Wildman–Crippen LogP) is -0.302. The molecule has 4 fully saturated rings. The number of carbonyl (C=O) groups excluding carboxylic acids is 1. The number of likely N-dealkylation sites (N-methyl/N-ethyl adjacent to an activating group) is 1. The SMILES string of the molecule is CN1CC[C@@H](OC2CCN(c3ccncc3NC(=O)C3C(N)NN4CC(F)CNC34)CC2)C1. The summed E-state index contributed by atoms with van der Waals surface area (Å²) in [6, 6.07) is 1.94. The fourth-order valence-electron chi connectivity index (χ4n) is 5.46. The van der Waals surface area contributed by atoms with E-state index in [0.29, 0.717) is 11.8 Å². The minimum absolute atomic E-state index is 0.204. The minimum atomic E-state index is -0.992. The molecule has 1 aromatic heterocycles. The Bertz CT molecular complexity index is 838. The number of anilines is 2. The maximum atomic E-state index is 13.7. The molecule has 0 bridgehead atoms. The van der Waals surface area contributed by atoms with Crippen LogP contribution in [-0.2, 0) is 9.53 Å². The number of hydrazine groups is 1. The second-order valence-corrected chi connectivity index (χ2v) is 9.66. The Morgan fingerprint density at radius 2 is 2.03 bits per heavy atom. The zero-order valence-corrected chi connectivity index (χ0v) is 19.1. The van der Waals surface area contributed by atoms with Crippen molar-refractivity contribution in [1.82, 2.24) is 25.6 Å². The summed E-state index contributed by atoms with van der Waals surface area (Å²) in [6.45, 7) is 4.26. The van der Waals surface area contributed by atoms with Crippen LogP contribution < -0.4 is 26.7 Å². The smallest absolute Gasteiger partial charge is 0.233 e. The fraction of sp³-hybridized carbons (Fsp3) is 0.727. The fourth-order valence-corrected chi connectivity index (χ4v) is 5.46. The Balaban J connectivity index is 1.20. The molecule has 182 valence electrons. The molecule has 5 N–H and O–H groups in total. The summed E-state index contributed by atoms with van der Waals surface area (Å²) in [4.78, 5) is 22.0. The first kappa shape index (κ1) is 22.9. The molecular formula is C22H35FN8O2. The summed E-state index contributed by atoms with van der Waals surface area (Å²) >= 11 is 0. The molecule has 33 heavy (non-hydrogen) atoms. The molecule has 5 heterocycles. The van der Waals surface area contributed by atoms with Crippen LogP contribution in [0.4, 0.5) is 15.8 Å². The highest BCUT2D eigenvalue weighted by molar-refractivity contribution is 5.96. The topological polar surface area (TPSA) is 111 Å². The summed E-state index contributed by atoms with van der Waals surface area (Å²) in [5, 5.41) is 7.83. The van der Waals surface area contributed by atoms with Crippen molar-refractivity contribution in [2.75, 3.05) is 56.5 Å². The van der Waals surface area contributed by atoms with E-state index in [0.717, 1.165) is 51.1 Å². The third kappa shape index (κ3) is 4.98. The van der Waals surface area contributed by atoms with Gasteiger partial charge in [-0.2, -0.15) is 0 Å². The van der Waals surface area contributed by atoms with Gasteiger partial charge in [0, 0.05) is 45.5 Å². The van der Waals surface area contributed by atoms with E-state index in [-0.39, 0.29) is 31.3 Å². The molecule has 0 saturated carbocycles. The molecular weight excluding hydrogens is 427 g/mol. The zero-order valence-electron chi connectivity index (χ0n) is 19.1. The van der Waals surface area contributed by atoms with E-state index in [9.17, 15) is 9.18 Å². The predicted molar refractivity (Wildman–Crippen MR) is 123 cm³/mol. The average molecular weight is 463 g/mol. The van der Waals surface area contributed by atoms with Crippen molar-refractivity contribution in [3.8, 4) is 0 Å². The molecule has 4 aliphatic heterocycles. The highest BCUT2D eigenvalue weighted by atomic mass is 19.1. The summed E-state index contributed by atoms with van der Waals surface area (Å²) in [5.74, 6) is -0.751. The second-order valence-electron chi connectivity index (χ2n) is 9.66. The van der Waals surface area contributed by atoms with E-state index in [2.05, 4.69) is 37.9 Å². The van der Waals surface area contributed by atoms with Crippen molar-refractivity contribution in [1.29, 1.82) is 0 Å². The molecule has 1 aromatic rings. The van der Waals surface area contributed by atoms with E-state index in [1.807, 2.05) is 6.07 Å². The number of nitrogens with two attached hydrogens (primary N) is 1. The number of ether oxygens (including phenoxy) is 1. The van der Waals surface area contributed by atoms with Crippen LogP contribution in [0.1, 0.15) is 19.3 Å². The largest absolute Gasteiger partial charge is 0.373 e. The second kappa shape index (κ2) is 9.77.